The van der Waals surface area contributed by atoms with Crippen LogP contribution in [0.2, 0.25) is 0 Å². The summed E-state index contributed by atoms with van der Waals surface area (Å²) in [5.74, 6) is 0.630. The number of phenolic OH excluding ortho intramolecular Hbond substituents is 1. The lowest BCUT2D eigenvalue weighted by Gasteiger charge is -2.22. The van der Waals surface area contributed by atoms with Gasteiger partial charge in [-0.2, -0.15) is 0 Å². The molecule has 0 spiro atoms. The standard InChI is InChI=1S/C14H18O3/c1-9(14(16)17-2)13(10-6-7-10)11-4-3-5-12(15)8-11/h3-5,8-10,13,15H,6-7H2,1-2H3/t9-,13?/m1/s1. The van der Waals surface area contributed by atoms with Crippen LogP contribution in [0.3, 0.4) is 0 Å². The zero-order valence-electron chi connectivity index (χ0n) is 10.2. The number of aromatic hydroxyl groups is 1. The van der Waals surface area contributed by atoms with Gasteiger partial charge >= 0.3 is 5.97 Å². The van der Waals surface area contributed by atoms with Crippen molar-refractivity contribution in [2.75, 3.05) is 7.11 Å². The first-order valence-electron chi connectivity index (χ1n) is 6.00. The van der Waals surface area contributed by atoms with Gasteiger partial charge in [0.15, 0.2) is 0 Å². The highest BCUT2D eigenvalue weighted by Gasteiger charge is 2.39. The fraction of sp³-hybridized carbons (Fsp3) is 0.500. The van der Waals surface area contributed by atoms with E-state index in [0.29, 0.717) is 5.92 Å². The number of ether oxygens (including phenoxy) is 1. The van der Waals surface area contributed by atoms with Gasteiger partial charge in [-0.15, -0.1) is 0 Å². The number of rotatable bonds is 4. The lowest BCUT2D eigenvalue weighted by atomic mass is 9.83. The molecule has 3 heteroatoms. The van der Waals surface area contributed by atoms with E-state index in [0.717, 1.165) is 18.4 Å². The molecule has 0 bridgehead atoms. The molecule has 1 unspecified atom stereocenters. The Morgan fingerprint density at radius 1 is 1.47 bits per heavy atom. The summed E-state index contributed by atoms with van der Waals surface area (Å²) in [7, 11) is 1.42. The number of hydrogen-bond donors (Lipinski definition) is 1. The molecule has 0 amide bonds. The average Bonchev–Trinajstić information content (AvgIpc) is 3.12. The molecule has 2 rings (SSSR count). The van der Waals surface area contributed by atoms with Crippen molar-refractivity contribution in [3.05, 3.63) is 29.8 Å². The van der Waals surface area contributed by atoms with Crippen molar-refractivity contribution in [3.63, 3.8) is 0 Å². The summed E-state index contributed by atoms with van der Waals surface area (Å²) in [6.07, 6.45) is 2.31. The maximum atomic E-state index is 11.7. The second-order valence-electron chi connectivity index (χ2n) is 4.77. The van der Waals surface area contributed by atoms with Gasteiger partial charge in [-0.3, -0.25) is 4.79 Å². The monoisotopic (exact) mass is 234 g/mol. The van der Waals surface area contributed by atoms with Gasteiger partial charge in [0, 0.05) is 0 Å². The molecule has 0 aliphatic heterocycles. The van der Waals surface area contributed by atoms with Gasteiger partial charge in [0.25, 0.3) is 0 Å². The van der Waals surface area contributed by atoms with Crippen LogP contribution in [0.25, 0.3) is 0 Å². The largest absolute Gasteiger partial charge is 0.508 e. The van der Waals surface area contributed by atoms with E-state index in [1.165, 1.54) is 7.11 Å². The van der Waals surface area contributed by atoms with Crippen LogP contribution < -0.4 is 0 Å². The molecule has 1 aliphatic carbocycles. The van der Waals surface area contributed by atoms with Crippen LogP contribution in [0.15, 0.2) is 24.3 Å². The Morgan fingerprint density at radius 3 is 2.71 bits per heavy atom. The van der Waals surface area contributed by atoms with Gasteiger partial charge in [-0.25, -0.2) is 0 Å². The van der Waals surface area contributed by atoms with E-state index in [9.17, 15) is 9.90 Å². The molecule has 1 saturated carbocycles. The van der Waals surface area contributed by atoms with Gasteiger partial charge in [-0.05, 0) is 42.4 Å². The van der Waals surface area contributed by atoms with Crippen molar-refractivity contribution >= 4 is 5.97 Å². The van der Waals surface area contributed by atoms with Gasteiger partial charge in [0.2, 0.25) is 0 Å². The molecule has 0 aromatic heterocycles. The third-order valence-corrected chi connectivity index (χ3v) is 3.50. The SMILES string of the molecule is COC(=O)[C@H](C)C(c1cccc(O)c1)C1CC1. The van der Waals surface area contributed by atoms with E-state index in [4.69, 9.17) is 4.74 Å². The summed E-state index contributed by atoms with van der Waals surface area (Å²) in [5.41, 5.74) is 1.03. The van der Waals surface area contributed by atoms with E-state index in [-0.39, 0.29) is 23.6 Å². The van der Waals surface area contributed by atoms with E-state index in [1.807, 2.05) is 19.1 Å². The Hall–Kier alpha value is -1.51. The fourth-order valence-corrected chi connectivity index (χ4v) is 2.49. The Morgan fingerprint density at radius 2 is 2.18 bits per heavy atom. The van der Waals surface area contributed by atoms with Crippen molar-refractivity contribution in [1.82, 2.24) is 0 Å². The topological polar surface area (TPSA) is 46.5 Å². The first-order chi connectivity index (χ1) is 8.13. The maximum Gasteiger partial charge on any atom is 0.309 e. The number of phenols is 1. The van der Waals surface area contributed by atoms with E-state index < -0.39 is 0 Å². The predicted octanol–water partition coefficient (Wildman–Crippen LogP) is 2.69. The first kappa shape index (κ1) is 12.0. The minimum atomic E-state index is -0.176. The molecule has 92 valence electrons. The molecule has 0 radical (unpaired) electrons. The number of carbonyl (C=O) groups excluding carboxylic acids is 1. The van der Waals surface area contributed by atoms with Crippen molar-refractivity contribution in [2.24, 2.45) is 11.8 Å². The van der Waals surface area contributed by atoms with Crippen LogP contribution in [0.4, 0.5) is 0 Å². The third kappa shape index (κ3) is 2.60. The highest BCUT2D eigenvalue weighted by atomic mass is 16.5. The van der Waals surface area contributed by atoms with Crippen molar-refractivity contribution < 1.29 is 14.6 Å². The van der Waals surface area contributed by atoms with Gasteiger partial charge in [-0.1, -0.05) is 19.1 Å². The Balaban J connectivity index is 2.26. The van der Waals surface area contributed by atoms with Gasteiger partial charge in [0.05, 0.1) is 13.0 Å². The van der Waals surface area contributed by atoms with Gasteiger partial charge in [0.1, 0.15) is 5.75 Å². The molecule has 0 heterocycles. The molecular formula is C14H18O3. The zero-order chi connectivity index (χ0) is 12.4. The number of methoxy groups -OCH3 is 1. The molecular weight excluding hydrogens is 216 g/mol. The lowest BCUT2D eigenvalue weighted by Crippen LogP contribution is -2.22. The summed E-state index contributed by atoms with van der Waals surface area (Å²) >= 11 is 0. The fourth-order valence-electron chi connectivity index (χ4n) is 2.49. The van der Waals surface area contributed by atoms with Crippen LogP contribution in [-0.4, -0.2) is 18.2 Å². The molecule has 1 aromatic rings. The predicted molar refractivity (Wildman–Crippen MR) is 64.8 cm³/mol. The van der Waals surface area contributed by atoms with E-state index >= 15 is 0 Å². The van der Waals surface area contributed by atoms with Crippen LogP contribution in [0.1, 0.15) is 31.2 Å². The first-order valence-corrected chi connectivity index (χ1v) is 6.00. The lowest BCUT2D eigenvalue weighted by molar-refractivity contribution is -0.145. The number of hydrogen-bond acceptors (Lipinski definition) is 3. The smallest absolute Gasteiger partial charge is 0.309 e. The third-order valence-electron chi connectivity index (χ3n) is 3.50. The van der Waals surface area contributed by atoms with Crippen molar-refractivity contribution in [2.45, 2.75) is 25.7 Å². The normalized spacial score (nSPS) is 18.5. The molecule has 1 aliphatic rings. The Bertz CT molecular complexity index is 410. The van der Waals surface area contributed by atoms with Crippen LogP contribution in [-0.2, 0) is 9.53 Å². The minimum absolute atomic E-state index is 0.158. The van der Waals surface area contributed by atoms with E-state index in [2.05, 4.69) is 0 Å². The van der Waals surface area contributed by atoms with Crippen molar-refractivity contribution in [1.29, 1.82) is 0 Å². The molecule has 0 saturated heterocycles. The van der Waals surface area contributed by atoms with E-state index in [1.54, 1.807) is 12.1 Å². The molecule has 1 N–H and O–H groups in total. The minimum Gasteiger partial charge on any atom is -0.508 e. The summed E-state index contributed by atoms with van der Waals surface area (Å²) < 4.78 is 4.82. The second kappa shape index (κ2) is 4.78. The summed E-state index contributed by atoms with van der Waals surface area (Å²) in [6, 6.07) is 7.20. The van der Waals surface area contributed by atoms with Crippen molar-refractivity contribution in [3.8, 4) is 5.75 Å². The van der Waals surface area contributed by atoms with Gasteiger partial charge < -0.3 is 9.84 Å². The molecule has 1 fully saturated rings. The van der Waals surface area contributed by atoms with Crippen LogP contribution in [0.5, 0.6) is 5.75 Å². The summed E-state index contributed by atoms with van der Waals surface area (Å²) in [6.45, 7) is 1.90. The number of benzene rings is 1. The molecule has 17 heavy (non-hydrogen) atoms. The molecule has 1 aromatic carbocycles. The second-order valence-corrected chi connectivity index (χ2v) is 4.77. The highest BCUT2D eigenvalue weighted by Crippen LogP contribution is 2.47. The quantitative estimate of drug-likeness (QED) is 0.815. The molecule has 3 nitrogen and oxygen atoms in total. The highest BCUT2D eigenvalue weighted by molar-refractivity contribution is 5.73. The number of carbonyl (C=O) groups is 1. The van der Waals surface area contributed by atoms with Crippen LogP contribution >= 0.6 is 0 Å². The zero-order valence-corrected chi connectivity index (χ0v) is 10.2. The number of esters is 1. The summed E-state index contributed by atoms with van der Waals surface area (Å²) in [5, 5.41) is 9.53. The summed E-state index contributed by atoms with van der Waals surface area (Å²) in [4.78, 5) is 11.7. The Kier molecular flexibility index (Phi) is 3.36. The Labute approximate surface area is 101 Å². The maximum absolute atomic E-state index is 11.7. The average molecular weight is 234 g/mol. The van der Waals surface area contributed by atoms with Crippen LogP contribution in [0, 0.1) is 11.8 Å². The molecule has 2 atom stereocenters.